The zero-order chi connectivity index (χ0) is 18.2. The fourth-order valence-corrected chi connectivity index (χ4v) is 4.83. The number of fused-ring (bicyclic) bond motifs is 2. The van der Waals surface area contributed by atoms with E-state index in [1.807, 2.05) is 4.90 Å². The number of amides is 1. The lowest BCUT2D eigenvalue weighted by Gasteiger charge is -2.40. The monoisotopic (exact) mass is 365 g/mol. The van der Waals surface area contributed by atoms with Crippen LogP contribution < -0.4 is 0 Å². The van der Waals surface area contributed by atoms with Gasteiger partial charge in [-0.05, 0) is 37.3 Å². The number of piperidine rings is 1. The molecule has 1 atom stereocenters. The largest absolute Gasteiger partial charge is 0.377 e. The summed E-state index contributed by atoms with van der Waals surface area (Å²) < 4.78 is 28.3. The van der Waals surface area contributed by atoms with Crippen LogP contribution >= 0.6 is 0 Å². The molecule has 1 aliphatic heterocycles. The standard InChI is InChI=1S/C19H27NO4S/c1-14-4-5-15-16(12-14)19(13-17(15)24-2)7-9-20(10-8-19)18(21)6-11-25(3,22)23/h4-5,12,17H,6-11,13H2,1-3H3. The molecular formula is C19H27NO4S. The lowest BCUT2D eigenvalue weighted by Crippen LogP contribution is -2.44. The molecule has 6 heteroatoms. The van der Waals surface area contributed by atoms with Crippen LogP contribution in [0.2, 0.25) is 0 Å². The van der Waals surface area contributed by atoms with Gasteiger partial charge in [0.05, 0.1) is 11.9 Å². The second kappa shape index (κ2) is 6.72. The highest BCUT2D eigenvalue weighted by Crippen LogP contribution is 2.52. The van der Waals surface area contributed by atoms with Crippen molar-refractivity contribution in [3.05, 3.63) is 34.9 Å². The first-order valence-electron chi connectivity index (χ1n) is 8.83. The van der Waals surface area contributed by atoms with Crippen LogP contribution in [-0.2, 0) is 24.8 Å². The summed E-state index contributed by atoms with van der Waals surface area (Å²) in [5, 5.41) is 0. The second-order valence-electron chi connectivity index (χ2n) is 7.56. The number of aryl methyl sites for hydroxylation is 1. The first-order chi connectivity index (χ1) is 11.7. The van der Waals surface area contributed by atoms with Crippen molar-refractivity contribution in [2.75, 3.05) is 32.2 Å². The fourth-order valence-electron chi connectivity index (χ4n) is 4.28. The van der Waals surface area contributed by atoms with Crippen LogP contribution in [0.1, 0.15) is 48.5 Å². The number of hydrogen-bond donors (Lipinski definition) is 0. The van der Waals surface area contributed by atoms with Crippen molar-refractivity contribution in [2.24, 2.45) is 0 Å². The molecule has 1 saturated heterocycles. The summed E-state index contributed by atoms with van der Waals surface area (Å²) in [7, 11) is -1.34. The molecular weight excluding hydrogens is 338 g/mol. The minimum Gasteiger partial charge on any atom is -0.377 e. The molecule has 5 nitrogen and oxygen atoms in total. The molecule has 0 radical (unpaired) electrons. The topological polar surface area (TPSA) is 63.7 Å². The molecule has 1 unspecified atom stereocenters. The molecule has 0 saturated carbocycles. The van der Waals surface area contributed by atoms with Crippen molar-refractivity contribution in [2.45, 2.75) is 44.1 Å². The van der Waals surface area contributed by atoms with E-state index in [2.05, 4.69) is 25.1 Å². The van der Waals surface area contributed by atoms with Crippen molar-refractivity contribution >= 4 is 15.7 Å². The highest BCUT2D eigenvalue weighted by atomic mass is 32.2. The third-order valence-electron chi connectivity index (χ3n) is 5.75. The van der Waals surface area contributed by atoms with Crippen LogP contribution in [0.5, 0.6) is 0 Å². The Hall–Kier alpha value is -1.40. The van der Waals surface area contributed by atoms with E-state index in [0.29, 0.717) is 13.1 Å². The zero-order valence-electron chi connectivity index (χ0n) is 15.2. The molecule has 0 bridgehead atoms. The maximum atomic E-state index is 12.3. The van der Waals surface area contributed by atoms with E-state index in [1.165, 1.54) is 22.9 Å². The lowest BCUT2D eigenvalue weighted by atomic mass is 9.73. The molecule has 138 valence electrons. The van der Waals surface area contributed by atoms with E-state index in [9.17, 15) is 13.2 Å². The summed E-state index contributed by atoms with van der Waals surface area (Å²) in [6.07, 6.45) is 4.18. The van der Waals surface area contributed by atoms with Gasteiger partial charge >= 0.3 is 0 Å². The first kappa shape index (κ1) is 18.4. The van der Waals surface area contributed by atoms with Gasteiger partial charge in [0, 0.05) is 38.3 Å². The summed E-state index contributed by atoms with van der Waals surface area (Å²) in [5.41, 5.74) is 3.99. The Morgan fingerprint density at radius 3 is 2.60 bits per heavy atom. The number of carbonyl (C=O) groups is 1. The summed E-state index contributed by atoms with van der Waals surface area (Å²) in [6, 6.07) is 6.58. The Balaban J connectivity index is 1.72. The third kappa shape index (κ3) is 3.75. The van der Waals surface area contributed by atoms with Gasteiger partial charge in [-0.3, -0.25) is 4.79 Å². The number of ether oxygens (including phenoxy) is 1. The Bertz CT molecular complexity index is 764. The smallest absolute Gasteiger partial charge is 0.223 e. The van der Waals surface area contributed by atoms with Gasteiger partial charge in [0.1, 0.15) is 9.84 Å². The van der Waals surface area contributed by atoms with E-state index in [-0.39, 0.29) is 29.6 Å². The molecule has 1 amide bonds. The van der Waals surface area contributed by atoms with Crippen molar-refractivity contribution in [1.29, 1.82) is 0 Å². The number of rotatable bonds is 4. The fraction of sp³-hybridized carbons (Fsp3) is 0.632. The van der Waals surface area contributed by atoms with Crippen molar-refractivity contribution in [3.63, 3.8) is 0 Å². The average Bonchev–Trinajstić information content (AvgIpc) is 2.86. The molecule has 1 spiro atoms. The van der Waals surface area contributed by atoms with E-state index in [0.717, 1.165) is 19.3 Å². The molecule has 3 rings (SSSR count). The Morgan fingerprint density at radius 2 is 2.00 bits per heavy atom. The summed E-state index contributed by atoms with van der Waals surface area (Å²) in [4.78, 5) is 14.1. The highest BCUT2D eigenvalue weighted by Gasteiger charge is 2.46. The molecule has 1 heterocycles. The van der Waals surface area contributed by atoms with Gasteiger partial charge in [-0.2, -0.15) is 0 Å². The van der Waals surface area contributed by atoms with Crippen molar-refractivity contribution in [1.82, 2.24) is 4.90 Å². The molecule has 1 fully saturated rings. The molecule has 1 aliphatic carbocycles. The maximum Gasteiger partial charge on any atom is 0.223 e. The van der Waals surface area contributed by atoms with Gasteiger partial charge in [-0.15, -0.1) is 0 Å². The van der Waals surface area contributed by atoms with Crippen LogP contribution in [0.15, 0.2) is 18.2 Å². The minimum absolute atomic E-state index is 0.0500. The van der Waals surface area contributed by atoms with Gasteiger partial charge in [0.15, 0.2) is 0 Å². The molecule has 25 heavy (non-hydrogen) atoms. The number of hydrogen-bond acceptors (Lipinski definition) is 4. The number of nitrogens with zero attached hydrogens (tertiary/aromatic N) is 1. The van der Waals surface area contributed by atoms with Gasteiger partial charge in [0.25, 0.3) is 0 Å². The molecule has 1 aromatic rings. The van der Waals surface area contributed by atoms with Crippen LogP contribution in [0.3, 0.4) is 0 Å². The van der Waals surface area contributed by atoms with Crippen LogP contribution in [0.4, 0.5) is 0 Å². The normalized spacial score (nSPS) is 22.2. The number of likely N-dealkylation sites (tertiary alicyclic amines) is 1. The number of methoxy groups -OCH3 is 1. The Morgan fingerprint density at radius 1 is 1.32 bits per heavy atom. The third-order valence-corrected chi connectivity index (χ3v) is 6.69. The van der Waals surface area contributed by atoms with Gasteiger partial charge in [0.2, 0.25) is 5.91 Å². The number of benzene rings is 1. The second-order valence-corrected chi connectivity index (χ2v) is 9.82. The molecule has 0 N–H and O–H groups in total. The summed E-state index contributed by atoms with van der Waals surface area (Å²) >= 11 is 0. The van der Waals surface area contributed by atoms with Crippen LogP contribution in [-0.4, -0.2) is 51.4 Å². The first-order valence-corrected chi connectivity index (χ1v) is 10.9. The minimum atomic E-state index is -3.10. The van der Waals surface area contributed by atoms with Crippen molar-refractivity contribution < 1.29 is 17.9 Å². The molecule has 1 aromatic carbocycles. The summed E-state index contributed by atoms with van der Waals surface area (Å²) in [5.74, 6) is -0.118. The predicted octanol–water partition coefficient (Wildman–Crippen LogP) is 2.38. The molecule has 2 aliphatic rings. The lowest BCUT2D eigenvalue weighted by molar-refractivity contribution is -0.132. The van der Waals surface area contributed by atoms with Gasteiger partial charge in [-0.25, -0.2) is 8.42 Å². The van der Waals surface area contributed by atoms with E-state index in [1.54, 1.807) is 7.11 Å². The quantitative estimate of drug-likeness (QED) is 0.822. The van der Waals surface area contributed by atoms with Crippen molar-refractivity contribution in [3.8, 4) is 0 Å². The molecule has 0 aromatic heterocycles. The van der Waals surface area contributed by atoms with Crippen LogP contribution in [0, 0.1) is 6.92 Å². The maximum absolute atomic E-state index is 12.3. The SMILES string of the molecule is COC1CC2(CCN(C(=O)CCS(C)(=O)=O)CC2)c2cc(C)ccc21. The van der Waals surface area contributed by atoms with E-state index >= 15 is 0 Å². The Kier molecular flexibility index (Phi) is 4.95. The number of carbonyl (C=O) groups excluding carboxylic acids is 1. The zero-order valence-corrected chi connectivity index (χ0v) is 16.1. The Labute approximate surface area is 150 Å². The highest BCUT2D eigenvalue weighted by molar-refractivity contribution is 7.90. The summed E-state index contributed by atoms with van der Waals surface area (Å²) in [6.45, 7) is 3.48. The predicted molar refractivity (Wildman–Crippen MR) is 97.4 cm³/mol. The number of sulfone groups is 1. The van der Waals surface area contributed by atoms with Crippen LogP contribution in [0.25, 0.3) is 0 Å². The van der Waals surface area contributed by atoms with E-state index in [4.69, 9.17) is 4.74 Å². The average molecular weight is 365 g/mol. The van der Waals surface area contributed by atoms with Gasteiger partial charge in [-0.1, -0.05) is 23.8 Å². The van der Waals surface area contributed by atoms with E-state index < -0.39 is 9.84 Å². The van der Waals surface area contributed by atoms with Gasteiger partial charge < -0.3 is 9.64 Å².